The van der Waals surface area contributed by atoms with E-state index in [-0.39, 0.29) is 5.91 Å². The monoisotopic (exact) mass is 449 g/mol. The number of nitrogens with one attached hydrogen (secondary N) is 2. The van der Waals surface area contributed by atoms with Gasteiger partial charge in [0.2, 0.25) is 5.91 Å². The fourth-order valence-electron chi connectivity index (χ4n) is 3.91. The summed E-state index contributed by atoms with van der Waals surface area (Å²) in [6.07, 6.45) is 0.787. The van der Waals surface area contributed by atoms with Crippen LogP contribution in [0.1, 0.15) is 23.9 Å². The lowest BCUT2D eigenvalue weighted by molar-refractivity contribution is -0.113. The van der Waals surface area contributed by atoms with Crippen LogP contribution in [0.3, 0.4) is 0 Å². The molecule has 3 aromatic rings. The molecule has 0 radical (unpaired) electrons. The third kappa shape index (κ3) is 5.93. The topological polar surface area (TPSA) is 64.3 Å². The largest absolute Gasteiger partial charge is 0.369 e. The van der Waals surface area contributed by atoms with E-state index in [1.54, 1.807) is 0 Å². The molecule has 0 aliphatic carbocycles. The number of aryl methyl sites for hydroxylation is 1. The van der Waals surface area contributed by atoms with Crippen molar-refractivity contribution >= 4 is 29.0 Å². The number of hydrogen-bond acceptors (Lipinski definition) is 5. The molecule has 1 aliphatic rings. The van der Waals surface area contributed by atoms with Crippen molar-refractivity contribution in [2.24, 2.45) is 0 Å². The summed E-state index contributed by atoms with van der Waals surface area (Å²) in [5.74, 6) is 0.288. The van der Waals surface area contributed by atoms with Gasteiger partial charge in [-0.3, -0.25) is 4.79 Å². The van der Waals surface area contributed by atoms with Gasteiger partial charge >= 0.3 is 0 Å². The standard InChI is InChI=1S/C25H31N5OS/c1-3-29-13-15-30(16-14-29)22-11-9-21(10-12-22)27-24(31)18-32-25-26-19(2)23(28-25)17-20-7-5-4-6-8-20/h4-12H,3,13-18H2,1-2H3,(H,26,28)(H,27,31). The smallest absolute Gasteiger partial charge is 0.234 e. The fraction of sp³-hybridized carbons (Fsp3) is 0.360. The summed E-state index contributed by atoms with van der Waals surface area (Å²) >= 11 is 1.43. The first-order valence-corrected chi connectivity index (χ1v) is 12.2. The van der Waals surface area contributed by atoms with Gasteiger partial charge in [0.1, 0.15) is 0 Å². The van der Waals surface area contributed by atoms with E-state index < -0.39 is 0 Å². The fourth-order valence-corrected chi connectivity index (χ4v) is 4.65. The van der Waals surface area contributed by atoms with Crippen LogP contribution in [0.25, 0.3) is 0 Å². The lowest BCUT2D eigenvalue weighted by Crippen LogP contribution is -2.46. The van der Waals surface area contributed by atoms with Crippen molar-refractivity contribution in [3.05, 3.63) is 71.5 Å². The molecular weight excluding hydrogens is 418 g/mol. The number of benzene rings is 2. The Morgan fingerprint density at radius 2 is 1.78 bits per heavy atom. The third-order valence-corrected chi connectivity index (χ3v) is 6.73. The zero-order chi connectivity index (χ0) is 22.3. The quantitative estimate of drug-likeness (QED) is 0.505. The van der Waals surface area contributed by atoms with Crippen LogP contribution in [0.2, 0.25) is 0 Å². The lowest BCUT2D eigenvalue weighted by Gasteiger charge is -2.35. The van der Waals surface area contributed by atoms with E-state index in [1.807, 2.05) is 37.3 Å². The molecule has 0 bridgehead atoms. The highest BCUT2D eigenvalue weighted by Gasteiger charge is 2.16. The van der Waals surface area contributed by atoms with E-state index >= 15 is 0 Å². The van der Waals surface area contributed by atoms with Gasteiger partial charge in [0.25, 0.3) is 0 Å². The average Bonchev–Trinajstić information content (AvgIpc) is 3.18. The molecule has 0 saturated carbocycles. The summed E-state index contributed by atoms with van der Waals surface area (Å²) in [5.41, 5.74) is 5.34. The van der Waals surface area contributed by atoms with Gasteiger partial charge in [-0.1, -0.05) is 49.0 Å². The van der Waals surface area contributed by atoms with Crippen LogP contribution >= 0.6 is 11.8 Å². The number of H-pyrrole nitrogens is 1. The number of likely N-dealkylation sites (N-methyl/N-ethyl adjacent to an activating group) is 1. The van der Waals surface area contributed by atoms with Crippen molar-refractivity contribution < 1.29 is 4.79 Å². The molecule has 2 aromatic carbocycles. The molecule has 1 fully saturated rings. The first kappa shape index (κ1) is 22.4. The van der Waals surface area contributed by atoms with Gasteiger partial charge in [-0.15, -0.1) is 0 Å². The number of hydrogen-bond donors (Lipinski definition) is 2. The zero-order valence-corrected chi connectivity index (χ0v) is 19.6. The van der Waals surface area contributed by atoms with Gasteiger partial charge in [0, 0.05) is 49.7 Å². The predicted molar refractivity (Wildman–Crippen MR) is 133 cm³/mol. The van der Waals surface area contributed by atoms with E-state index in [1.165, 1.54) is 23.0 Å². The van der Waals surface area contributed by atoms with Crippen LogP contribution in [-0.4, -0.2) is 59.3 Å². The molecule has 2 heterocycles. The summed E-state index contributed by atoms with van der Waals surface area (Å²) < 4.78 is 0. The number of thioether (sulfide) groups is 1. The van der Waals surface area contributed by atoms with Gasteiger partial charge in [0.15, 0.2) is 5.16 Å². The first-order valence-electron chi connectivity index (χ1n) is 11.2. The molecule has 168 valence electrons. The molecule has 4 rings (SSSR count). The van der Waals surface area contributed by atoms with E-state index in [0.717, 1.165) is 61.4 Å². The Hall–Kier alpha value is -2.77. The van der Waals surface area contributed by atoms with Crippen LogP contribution in [0, 0.1) is 6.92 Å². The molecular formula is C25H31N5OS. The van der Waals surface area contributed by atoms with Crippen LogP contribution in [-0.2, 0) is 11.2 Å². The molecule has 1 aromatic heterocycles. The highest BCUT2D eigenvalue weighted by atomic mass is 32.2. The summed E-state index contributed by atoms with van der Waals surface area (Å²) in [6.45, 7) is 9.65. The highest BCUT2D eigenvalue weighted by molar-refractivity contribution is 7.99. The number of imidazole rings is 1. The minimum atomic E-state index is -0.0297. The van der Waals surface area contributed by atoms with Crippen molar-refractivity contribution in [3.63, 3.8) is 0 Å². The van der Waals surface area contributed by atoms with Crippen molar-refractivity contribution in [1.29, 1.82) is 0 Å². The van der Waals surface area contributed by atoms with Crippen LogP contribution in [0.5, 0.6) is 0 Å². The van der Waals surface area contributed by atoms with Crippen molar-refractivity contribution in [1.82, 2.24) is 14.9 Å². The first-order chi connectivity index (χ1) is 15.6. The maximum absolute atomic E-state index is 12.4. The number of anilines is 2. The van der Waals surface area contributed by atoms with E-state index in [9.17, 15) is 4.79 Å². The second kappa shape index (κ2) is 10.7. The lowest BCUT2D eigenvalue weighted by atomic mass is 10.1. The Morgan fingerprint density at radius 3 is 2.47 bits per heavy atom. The van der Waals surface area contributed by atoms with Crippen LogP contribution in [0.15, 0.2) is 59.8 Å². The average molecular weight is 450 g/mol. The number of nitrogens with zero attached hydrogens (tertiary/aromatic N) is 3. The maximum Gasteiger partial charge on any atom is 0.234 e. The van der Waals surface area contributed by atoms with Crippen LogP contribution in [0.4, 0.5) is 11.4 Å². The number of carbonyl (C=O) groups excluding carboxylic acids is 1. The highest BCUT2D eigenvalue weighted by Crippen LogP contribution is 2.21. The van der Waals surface area contributed by atoms with E-state index in [2.05, 4.69) is 56.3 Å². The SMILES string of the molecule is CCN1CCN(c2ccc(NC(=O)CSc3nc(Cc4ccccc4)c(C)[nH]3)cc2)CC1. The summed E-state index contributed by atoms with van der Waals surface area (Å²) in [5, 5.41) is 3.77. The van der Waals surface area contributed by atoms with E-state index in [4.69, 9.17) is 0 Å². The van der Waals surface area contributed by atoms with Crippen LogP contribution < -0.4 is 10.2 Å². The molecule has 7 heteroatoms. The summed E-state index contributed by atoms with van der Waals surface area (Å²) in [6, 6.07) is 18.5. The van der Waals surface area contributed by atoms with Gasteiger partial charge in [-0.2, -0.15) is 0 Å². The summed E-state index contributed by atoms with van der Waals surface area (Å²) in [7, 11) is 0. The molecule has 0 unspecified atom stereocenters. The van der Waals surface area contributed by atoms with Crippen molar-refractivity contribution in [3.8, 4) is 0 Å². The molecule has 2 N–H and O–H groups in total. The molecule has 32 heavy (non-hydrogen) atoms. The molecule has 0 spiro atoms. The minimum absolute atomic E-state index is 0.0297. The zero-order valence-electron chi connectivity index (χ0n) is 18.8. The molecule has 6 nitrogen and oxygen atoms in total. The second-order valence-corrected chi connectivity index (χ2v) is 9.05. The Kier molecular flexibility index (Phi) is 7.50. The number of rotatable bonds is 8. The Balaban J connectivity index is 1.26. The number of amides is 1. The number of aromatic amines is 1. The maximum atomic E-state index is 12.4. The third-order valence-electron chi connectivity index (χ3n) is 5.85. The number of carbonyl (C=O) groups is 1. The molecule has 1 amide bonds. The predicted octanol–water partition coefficient (Wildman–Crippen LogP) is 4.18. The summed E-state index contributed by atoms with van der Waals surface area (Å²) in [4.78, 5) is 25.3. The Bertz CT molecular complexity index is 1010. The van der Waals surface area contributed by atoms with Gasteiger partial charge in [-0.25, -0.2) is 4.98 Å². The van der Waals surface area contributed by atoms with E-state index in [0.29, 0.717) is 5.75 Å². The Labute approximate surface area is 194 Å². The normalized spacial score (nSPS) is 14.5. The molecule has 0 atom stereocenters. The van der Waals surface area contributed by atoms with Gasteiger partial charge in [0.05, 0.1) is 11.4 Å². The minimum Gasteiger partial charge on any atom is -0.369 e. The number of aromatic nitrogens is 2. The molecule has 1 saturated heterocycles. The molecule has 1 aliphatic heterocycles. The van der Waals surface area contributed by atoms with Gasteiger partial charge in [-0.05, 0) is 43.3 Å². The van der Waals surface area contributed by atoms with Crippen molar-refractivity contribution in [2.75, 3.05) is 48.7 Å². The second-order valence-electron chi connectivity index (χ2n) is 8.08. The Morgan fingerprint density at radius 1 is 1.06 bits per heavy atom. The number of piperazine rings is 1. The van der Waals surface area contributed by atoms with Gasteiger partial charge < -0.3 is 20.1 Å². The van der Waals surface area contributed by atoms with Crippen molar-refractivity contribution in [2.45, 2.75) is 25.4 Å².